The minimum atomic E-state index is -0.346. The Hall–Kier alpha value is -2.82. The summed E-state index contributed by atoms with van der Waals surface area (Å²) in [4.78, 5) is 24.9. The Morgan fingerprint density at radius 3 is 2.67 bits per heavy atom. The monoisotopic (exact) mass is 326 g/mol. The van der Waals surface area contributed by atoms with E-state index < -0.39 is 0 Å². The fourth-order valence-electron chi connectivity index (χ4n) is 2.06. The second kappa shape index (κ2) is 8.15. The van der Waals surface area contributed by atoms with Crippen molar-refractivity contribution in [2.45, 2.75) is 33.2 Å². The zero-order chi connectivity index (χ0) is 17.5. The zero-order valence-corrected chi connectivity index (χ0v) is 14.1. The van der Waals surface area contributed by atoms with E-state index in [0.29, 0.717) is 11.3 Å². The van der Waals surface area contributed by atoms with Crippen molar-refractivity contribution in [2.24, 2.45) is 0 Å². The molecule has 0 radical (unpaired) electrons. The maximum Gasteiger partial charge on any atom is 0.268 e. The van der Waals surface area contributed by atoms with Crippen LogP contribution < -0.4 is 10.6 Å². The van der Waals surface area contributed by atoms with Gasteiger partial charge in [0.1, 0.15) is 11.5 Å². The first-order valence-corrected chi connectivity index (χ1v) is 7.93. The first-order chi connectivity index (χ1) is 11.5. The van der Waals surface area contributed by atoms with Crippen molar-refractivity contribution < 1.29 is 14.0 Å². The lowest BCUT2D eigenvalue weighted by molar-refractivity contribution is -0.118. The molecule has 126 valence electrons. The third-order valence-electron chi connectivity index (χ3n) is 3.59. The van der Waals surface area contributed by atoms with Crippen molar-refractivity contribution in [1.82, 2.24) is 10.6 Å². The quantitative estimate of drug-likeness (QED) is 0.800. The minimum absolute atomic E-state index is 0.00775. The first-order valence-electron chi connectivity index (χ1n) is 7.93. The summed E-state index contributed by atoms with van der Waals surface area (Å²) in [5.74, 6) is -0.189. The number of nitrogens with one attached hydrogen (secondary N) is 2. The molecule has 0 aliphatic rings. The van der Waals surface area contributed by atoms with Gasteiger partial charge in [0.05, 0.1) is 6.26 Å². The average Bonchev–Trinajstić information content (AvgIpc) is 3.07. The second-order valence-electron chi connectivity index (χ2n) is 5.68. The van der Waals surface area contributed by atoms with Crippen LogP contribution in [0.3, 0.4) is 0 Å². The molecule has 1 atom stereocenters. The summed E-state index contributed by atoms with van der Waals surface area (Å²) in [5, 5.41) is 5.52. The van der Waals surface area contributed by atoms with Crippen LogP contribution in [0, 0.1) is 6.92 Å². The molecule has 0 saturated heterocycles. The van der Waals surface area contributed by atoms with Crippen LogP contribution in [0.15, 0.2) is 52.8 Å². The summed E-state index contributed by atoms with van der Waals surface area (Å²) in [7, 11) is 0. The van der Waals surface area contributed by atoms with Crippen LogP contribution in [-0.4, -0.2) is 17.9 Å². The van der Waals surface area contributed by atoms with Gasteiger partial charge in [-0.1, -0.05) is 24.6 Å². The highest BCUT2D eigenvalue weighted by Crippen LogP contribution is 2.09. The number of hydrogen-bond acceptors (Lipinski definition) is 3. The predicted octanol–water partition coefficient (Wildman–Crippen LogP) is 3.27. The molecule has 1 aromatic heterocycles. The Bertz CT molecular complexity index is 733. The molecule has 0 saturated carbocycles. The van der Waals surface area contributed by atoms with E-state index in [1.165, 1.54) is 12.3 Å². The first kappa shape index (κ1) is 17.5. The molecular formula is C19H22N2O3. The third kappa shape index (κ3) is 4.84. The van der Waals surface area contributed by atoms with Gasteiger partial charge < -0.3 is 15.1 Å². The van der Waals surface area contributed by atoms with Crippen molar-refractivity contribution in [3.05, 3.63) is 65.2 Å². The van der Waals surface area contributed by atoms with E-state index in [9.17, 15) is 9.59 Å². The van der Waals surface area contributed by atoms with Gasteiger partial charge in [0.2, 0.25) is 0 Å². The predicted molar refractivity (Wildman–Crippen MR) is 93.2 cm³/mol. The highest BCUT2D eigenvalue weighted by atomic mass is 16.3. The minimum Gasteiger partial charge on any atom is -0.465 e. The smallest absolute Gasteiger partial charge is 0.268 e. The molecule has 0 fully saturated rings. The number of carbonyl (C=O) groups excluding carboxylic acids is 2. The van der Waals surface area contributed by atoms with E-state index in [0.717, 1.165) is 12.0 Å². The third-order valence-corrected chi connectivity index (χ3v) is 3.59. The topological polar surface area (TPSA) is 71.3 Å². The number of carbonyl (C=O) groups is 2. The van der Waals surface area contributed by atoms with Crippen LogP contribution in [0.5, 0.6) is 0 Å². The molecule has 1 aromatic carbocycles. The molecular weight excluding hydrogens is 304 g/mol. The molecule has 0 unspecified atom stereocenters. The average molecular weight is 326 g/mol. The van der Waals surface area contributed by atoms with E-state index in [4.69, 9.17) is 4.42 Å². The van der Waals surface area contributed by atoms with Crippen LogP contribution in [-0.2, 0) is 4.79 Å². The molecule has 5 nitrogen and oxygen atoms in total. The fraction of sp³-hybridized carbons (Fsp3) is 0.263. The summed E-state index contributed by atoms with van der Waals surface area (Å²) >= 11 is 0. The molecule has 1 heterocycles. The van der Waals surface area contributed by atoms with Gasteiger partial charge in [-0.2, -0.15) is 0 Å². The standard InChI is InChI=1S/C19H22N2O3/c1-4-14(3)20-19(23)17(12-16-9-6-10-24-16)21-18(22)15-8-5-7-13(2)11-15/h5-12,14H,4H2,1-3H3,(H,20,23)(H,21,22)/b17-12-/t14-/m0/s1. The Balaban J connectivity index is 2.22. The van der Waals surface area contributed by atoms with Crippen LogP contribution in [0.1, 0.15) is 41.9 Å². The van der Waals surface area contributed by atoms with Gasteiger partial charge in [-0.15, -0.1) is 0 Å². The number of benzene rings is 1. The summed E-state index contributed by atoms with van der Waals surface area (Å²) in [6, 6.07) is 10.6. The summed E-state index contributed by atoms with van der Waals surface area (Å²) in [6.07, 6.45) is 3.83. The normalized spacial score (nSPS) is 12.5. The van der Waals surface area contributed by atoms with E-state index in [-0.39, 0.29) is 23.6 Å². The second-order valence-corrected chi connectivity index (χ2v) is 5.68. The highest BCUT2D eigenvalue weighted by molar-refractivity contribution is 6.05. The van der Waals surface area contributed by atoms with Crippen molar-refractivity contribution in [2.75, 3.05) is 0 Å². The molecule has 24 heavy (non-hydrogen) atoms. The number of aryl methyl sites for hydroxylation is 1. The molecule has 5 heteroatoms. The summed E-state index contributed by atoms with van der Waals surface area (Å²) < 4.78 is 5.24. The Morgan fingerprint density at radius 1 is 1.25 bits per heavy atom. The zero-order valence-electron chi connectivity index (χ0n) is 14.1. The van der Waals surface area contributed by atoms with E-state index in [2.05, 4.69) is 10.6 Å². The van der Waals surface area contributed by atoms with Gasteiger partial charge in [-0.05, 0) is 44.5 Å². The van der Waals surface area contributed by atoms with Gasteiger partial charge in [0.25, 0.3) is 11.8 Å². The highest BCUT2D eigenvalue weighted by Gasteiger charge is 2.16. The molecule has 0 aliphatic carbocycles. The molecule has 0 spiro atoms. The number of amides is 2. The summed E-state index contributed by atoms with van der Waals surface area (Å²) in [6.45, 7) is 5.79. The van der Waals surface area contributed by atoms with Crippen LogP contribution in [0.4, 0.5) is 0 Å². The van der Waals surface area contributed by atoms with Gasteiger partial charge in [0, 0.05) is 17.7 Å². The molecule has 2 aromatic rings. The van der Waals surface area contributed by atoms with Gasteiger partial charge in [0.15, 0.2) is 0 Å². The molecule has 0 bridgehead atoms. The van der Waals surface area contributed by atoms with E-state index >= 15 is 0 Å². The maximum absolute atomic E-state index is 12.4. The van der Waals surface area contributed by atoms with Gasteiger partial charge in [-0.3, -0.25) is 9.59 Å². The summed E-state index contributed by atoms with van der Waals surface area (Å²) in [5.41, 5.74) is 1.62. The molecule has 0 aliphatic heterocycles. The van der Waals surface area contributed by atoms with Crippen LogP contribution in [0.25, 0.3) is 6.08 Å². The number of rotatable bonds is 6. The lowest BCUT2D eigenvalue weighted by Crippen LogP contribution is -2.39. The molecule has 2 amide bonds. The number of furan rings is 1. The molecule has 2 N–H and O–H groups in total. The maximum atomic E-state index is 12.4. The molecule has 2 rings (SSSR count). The Labute approximate surface area is 141 Å². The van der Waals surface area contributed by atoms with Gasteiger partial charge >= 0.3 is 0 Å². The van der Waals surface area contributed by atoms with Crippen LogP contribution >= 0.6 is 0 Å². The van der Waals surface area contributed by atoms with E-state index in [1.54, 1.807) is 30.3 Å². The Kier molecular flexibility index (Phi) is 5.95. The van der Waals surface area contributed by atoms with Crippen molar-refractivity contribution >= 4 is 17.9 Å². The van der Waals surface area contributed by atoms with Gasteiger partial charge in [-0.25, -0.2) is 0 Å². The lowest BCUT2D eigenvalue weighted by Gasteiger charge is -2.14. The Morgan fingerprint density at radius 2 is 2.04 bits per heavy atom. The number of hydrogen-bond donors (Lipinski definition) is 2. The SMILES string of the molecule is CC[C@H](C)NC(=O)/C(=C/c1ccco1)NC(=O)c1cccc(C)c1. The van der Waals surface area contributed by atoms with Crippen molar-refractivity contribution in [1.29, 1.82) is 0 Å². The van der Waals surface area contributed by atoms with Crippen LogP contribution in [0.2, 0.25) is 0 Å². The lowest BCUT2D eigenvalue weighted by atomic mass is 10.1. The van der Waals surface area contributed by atoms with Crippen molar-refractivity contribution in [3.63, 3.8) is 0 Å². The largest absolute Gasteiger partial charge is 0.465 e. The van der Waals surface area contributed by atoms with Crippen molar-refractivity contribution in [3.8, 4) is 0 Å². The fourth-order valence-corrected chi connectivity index (χ4v) is 2.06. The van der Waals surface area contributed by atoms with E-state index in [1.807, 2.05) is 26.8 Å².